The Morgan fingerprint density at radius 3 is 2.14 bits per heavy atom. The number of methoxy groups -OCH3 is 1. The van der Waals surface area contributed by atoms with Gasteiger partial charge >= 0.3 is 0 Å². The molecule has 3 aliphatic heterocycles. The average Bonchev–Trinajstić information content (AvgIpc) is 3.72. The highest BCUT2D eigenvalue weighted by Crippen LogP contribution is 2.43. The molecule has 59 heavy (non-hydrogen) atoms. The predicted molar refractivity (Wildman–Crippen MR) is 229 cm³/mol. The Morgan fingerprint density at radius 1 is 0.949 bits per heavy atom. The van der Waals surface area contributed by atoms with E-state index in [1.807, 2.05) is 26.6 Å². The molecule has 19 nitrogen and oxygen atoms in total. The van der Waals surface area contributed by atoms with Gasteiger partial charge in [0.05, 0.1) is 48.9 Å². The van der Waals surface area contributed by atoms with Crippen LogP contribution in [0.5, 0.6) is 0 Å². The van der Waals surface area contributed by atoms with Gasteiger partial charge in [0, 0.05) is 27.7 Å². The third kappa shape index (κ3) is 12.1. The van der Waals surface area contributed by atoms with Gasteiger partial charge in [-0.25, -0.2) is 18.4 Å². The second-order valence-corrected chi connectivity index (χ2v) is 34.5. The van der Waals surface area contributed by atoms with E-state index in [0.717, 1.165) is 0 Å². The molecule has 3 saturated heterocycles. The minimum absolute atomic E-state index is 0.0671. The number of nitrogens with one attached hydrogen (secondary N) is 1. The van der Waals surface area contributed by atoms with E-state index in [1.54, 1.807) is 37.4 Å². The van der Waals surface area contributed by atoms with Crippen LogP contribution in [-0.2, 0) is 58.3 Å². The second-order valence-electron chi connectivity index (χ2n) is 19.0. The van der Waals surface area contributed by atoms with E-state index in [4.69, 9.17) is 37.0 Å². The number of ether oxygens (including phenoxy) is 5. The number of hydrogen-bond acceptors (Lipinski definition) is 15. The molecule has 3 aliphatic rings. The summed E-state index contributed by atoms with van der Waals surface area (Å²) in [6.07, 6.45) is -3.16. The number of carbonyl (C=O) groups excluding carboxylic acids is 1. The molecule has 0 bridgehead atoms. The Balaban J connectivity index is 1.34. The van der Waals surface area contributed by atoms with Crippen molar-refractivity contribution in [2.24, 2.45) is 4.99 Å². The molecule has 1 amide bonds. The number of fused-ring (bicyclic) bond motifs is 2. The third-order valence-electron chi connectivity index (χ3n) is 9.33. The minimum atomic E-state index is -4.04. The number of hydrogen-bond donors (Lipinski definition) is 1. The van der Waals surface area contributed by atoms with Crippen molar-refractivity contribution in [3.8, 4) is 0 Å². The number of rotatable bonds is 17. The lowest BCUT2D eigenvalue weighted by Gasteiger charge is -2.50. The van der Waals surface area contributed by atoms with E-state index in [2.05, 4.69) is 59.6 Å². The van der Waals surface area contributed by atoms with E-state index in [9.17, 15) is 18.0 Å². The van der Waals surface area contributed by atoms with E-state index in [1.165, 1.54) is 24.3 Å². The summed E-state index contributed by atoms with van der Waals surface area (Å²) < 4.78 is 81.2. The summed E-state index contributed by atoms with van der Waals surface area (Å²) in [5.41, 5.74) is -0.194. The molecule has 0 saturated carbocycles. The predicted octanol–water partition coefficient (Wildman–Crippen LogP) is 2.81. The molecule has 2 aromatic rings. The highest BCUT2D eigenvalue weighted by molar-refractivity contribution is 7.92. The molecule has 3 fully saturated rings. The van der Waals surface area contributed by atoms with Gasteiger partial charge < -0.3 is 47.2 Å². The second kappa shape index (κ2) is 17.7. The SMILES string of the molecule is COCn1c(/N=C/N(C)C)nc2c(ncn2[C@@H]2O[C@H](CNC(=O)CS(=O)(=O)C[C@H]3O[C@@H](C)[C@@H](O[Si](C)(C)C)[C@@H](O[Si](C)(C)C)[C@@H]3O[Si](C)(C)C)[C@H]3OC(C)(C)O[C@H]32)c1=O. The molecule has 1 N–H and O–H groups in total. The van der Waals surface area contributed by atoms with E-state index in [-0.39, 0.29) is 30.4 Å². The molecule has 0 radical (unpaired) electrons. The average molecular weight is 904 g/mol. The first-order valence-corrected chi connectivity index (χ1v) is 32.0. The summed E-state index contributed by atoms with van der Waals surface area (Å²) in [5.74, 6) is -2.88. The maximum absolute atomic E-state index is 13.8. The van der Waals surface area contributed by atoms with Crippen LogP contribution in [0.15, 0.2) is 16.1 Å². The number of aromatic nitrogens is 4. The highest BCUT2D eigenvalue weighted by atomic mass is 32.2. The molecule has 0 aliphatic carbocycles. The number of nitrogens with zero attached hydrogens (tertiary/aromatic N) is 6. The van der Waals surface area contributed by atoms with Gasteiger partial charge in [-0.2, -0.15) is 4.98 Å². The van der Waals surface area contributed by atoms with Crippen LogP contribution < -0.4 is 10.9 Å². The van der Waals surface area contributed by atoms with Crippen LogP contribution in [0.4, 0.5) is 5.95 Å². The van der Waals surface area contributed by atoms with Crippen molar-refractivity contribution in [2.75, 3.05) is 39.3 Å². The number of aliphatic imine (C=N–C) groups is 1. The Labute approximate surface area is 350 Å². The van der Waals surface area contributed by atoms with Crippen molar-refractivity contribution in [1.82, 2.24) is 29.3 Å². The monoisotopic (exact) mass is 903 g/mol. The largest absolute Gasteiger partial charge is 0.409 e. The Morgan fingerprint density at radius 2 is 1.54 bits per heavy atom. The van der Waals surface area contributed by atoms with Crippen LogP contribution in [0.25, 0.3) is 11.2 Å². The lowest BCUT2D eigenvalue weighted by atomic mass is 9.96. The lowest BCUT2D eigenvalue weighted by Crippen LogP contribution is -2.65. The molecule has 2 aromatic heterocycles. The van der Waals surface area contributed by atoms with Crippen molar-refractivity contribution >= 4 is 64.1 Å². The number of sulfone groups is 1. The third-order valence-corrected chi connectivity index (χ3v) is 13.8. The molecular weight excluding hydrogens is 839 g/mol. The van der Waals surface area contributed by atoms with Gasteiger partial charge in [0.1, 0.15) is 30.8 Å². The first-order valence-electron chi connectivity index (χ1n) is 19.9. The van der Waals surface area contributed by atoms with Gasteiger partial charge in [-0.3, -0.25) is 18.7 Å². The zero-order valence-electron chi connectivity index (χ0n) is 37.2. The zero-order valence-corrected chi connectivity index (χ0v) is 41.0. The molecule has 5 rings (SSSR count). The van der Waals surface area contributed by atoms with Crippen LogP contribution in [0, 0.1) is 0 Å². The normalized spacial score (nSPS) is 29.0. The summed E-state index contributed by atoms with van der Waals surface area (Å²) in [5, 5.41) is 2.75. The van der Waals surface area contributed by atoms with Gasteiger partial charge in [-0.1, -0.05) is 0 Å². The number of imidazole rings is 1. The van der Waals surface area contributed by atoms with E-state index < -0.39 is 119 Å². The molecule has 9 atom stereocenters. The summed E-state index contributed by atoms with van der Waals surface area (Å²) in [6.45, 7) is 23.8. The maximum atomic E-state index is 13.8. The Bertz CT molecular complexity index is 2010. The molecule has 0 unspecified atom stereocenters. The first-order chi connectivity index (χ1) is 27.1. The molecule has 23 heteroatoms. The Kier molecular flexibility index (Phi) is 14.3. The summed E-state index contributed by atoms with van der Waals surface area (Å²) >= 11 is 0. The van der Waals surface area contributed by atoms with Crippen LogP contribution in [0.3, 0.4) is 0 Å². The topological polar surface area (TPSA) is 205 Å². The standard InChI is InChI=1S/C36H65N7O12SSi3/c1-22-27(53-57(7,8)9)30(55-59(13,14)15)29(54-58(10,11)12)24(49-22)17-56(46,47)18-25(44)37-16-23-28-31(52-36(2,3)51-28)34(50-23)42-20-38-26-32(42)40-35(39-19-41(4)5)43(21-48-6)33(26)45/h19-20,22-24,27-31,34H,16-18,21H2,1-15H3,(H,37,44)/b39-19+/t22-,23+,24+,27+,28+,29+,30+,31+,34+/m0/s1. The molecule has 334 valence electrons. The van der Waals surface area contributed by atoms with Crippen molar-refractivity contribution in [1.29, 1.82) is 0 Å². The van der Waals surface area contributed by atoms with Gasteiger partial charge in [0.25, 0.3) is 5.56 Å². The molecular formula is C36H65N7O12SSi3. The number of amides is 1. The van der Waals surface area contributed by atoms with E-state index in [0.29, 0.717) is 0 Å². The van der Waals surface area contributed by atoms with Crippen molar-refractivity contribution in [2.45, 2.75) is 147 Å². The summed E-state index contributed by atoms with van der Waals surface area (Å²) in [7, 11) is -5.55. The van der Waals surface area contributed by atoms with Crippen molar-refractivity contribution < 1.29 is 50.2 Å². The molecule has 5 heterocycles. The van der Waals surface area contributed by atoms with Gasteiger partial charge in [0.15, 0.2) is 58.0 Å². The van der Waals surface area contributed by atoms with Crippen molar-refractivity contribution in [3.05, 3.63) is 16.7 Å². The first kappa shape index (κ1) is 47.6. The van der Waals surface area contributed by atoms with E-state index >= 15 is 0 Å². The Hall–Kier alpha value is -2.43. The smallest absolute Gasteiger partial charge is 0.285 e. The summed E-state index contributed by atoms with van der Waals surface area (Å²) in [6, 6.07) is 0. The zero-order chi connectivity index (χ0) is 44.0. The molecule has 0 spiro atoms. The van der Waals surface area contributed by atoms with Gasteiger partial charge in [0.2, 0.25) is 11.9 Å². The highest BCUT2D eigenvalue weighted by Gasteiger charge is 2.56. The fraction of sp³-hybridized carbons (Fsp3) is 0.806. The fourth-order valence-electron chi connectivity index (χ4n) is 7.40. The number of carbonyl (C=O) groups is 1. The van der Waals surface area contributed by atoms with Crippen LogP contribution >= 0.6 is 0 Å². The van der Waals surface area contributed by atoms with Crippen LogP contribution in [-0.4, -0.2) is 163 Å². The van der Waals surface area contributed by atoms with Crippen LogP contribution in [0.1, 0.15) is 27.0 Å². The summed E-state index contributed by atoms with van der Waals surface area (Å²) in [4.78, 5) is 42.1. The van der Waals surface area contributed by atoms with Crippen LogP contribution in [0.2, 0.25) is 58.9 Å². The molecule has 0 aromatic carbocycles. The van der Waals surface area contributed by atoms with Crippen molar-refractivity contribution in [3.63, 3.8) is 0 Å². The minimum Gasteiger partial charge on any atom is -0.409 e. The fourth-order valence-corrected chi connectivity index (χ4v) is 12.1. The quantitative estimate of drug-likeness (QED) is 0.138. The maximum Gasteiger partial charge on any atom is 0.285 e. The lowest BCUT2D eigenvalue weighted by molar-refractivity contribution is -0.195. The van der Waals surface area contributed by atoms with Gasteiger partial charge in [-0.15, -0.1) is 0 Å². The van der Waals surface area contributed by atoms with Gasteiger partial charge in [-0.05, 0) is 79.7 Å².